The summed E-state index contributed by atoms with van der Waals surface area (Å²) in [6, 6.07) is 15.6. The fourth-order valence-corrected chi connectivity index (χ4v) is 3.56. The van der Waals surface area contributed by atoms with Crippen LogP contribution in [-0.4, -0.2) is 10.9 Å². The highest BCUT2D eigenvalue weighted by Crippen LogP contribution is 2.30. The molecular weight excluding hydrogens is 316 g/mol. The van der Waals surface area contributed by atoms with Crippen LogP contribution in [0.3, 0.4) is 0 Å². The maximum Gasteiger partial charge on any atom is 0.252 e. The minimum absolute atomic E-state index is 0.0905. The number of carbonyl (C=O) groups excluding carboxylic acids is 1. The first-order valence-electron chi connectivity index (χ1n) is 7.86. The second-order valence-electron chi connectivity index (χ2n) is 6.33. The summed E-state index contributed by atoms with van der Waals surface area (Å²) in [5.41, 5.74) is 3.15. The number of aromatic nitrogens is 1. The lowest BCUT2D eigenvalue weighted by atomic mass is 9.98. The molecule has 3 rings (SSSR count). The quantitative estimate of drug-likeness (QED) is 0.745. The lowest BCUT2D eigenvalue weighted by Crippen LogP contribution is -2.41. The Kier molecular flexibility index (Phi) is 4.49. The first kappa shape index (κ1) is 16.4. The maximum absolute atomic E-state index is 12.9. The number of amides is 1. The Bertz CT molecular complexity index is 853. The molecule has 0 aliphatic rings. The van der Waals surface area contributed by atoms with Crippen LogP contribution in [0.2, 0.25) is 0 Å². The number of hydrogen-bond acceptors (Lipinski definition) is 3. The van der Waals surface area contributed by atoms with Crippen LogP contribution in [0.1, 0.15) is 35.5 Å². The topological polar surface area (TPSA) is 42.0 Å². The van der Waals surface area contributed by atoms with Crippen molar-refractivity contribution in [2.75, 3.05) is 0 Å². The third-order valence-corrected chi connectivity index (χ3v) is 4.98. The van der Waals surface area contributed by atoms with Gasteiger partial charge in [-0.1, -0.05) is 24.3 Å². The van der Waals surface area contributed by atoms with Crippen LogP contribution in [0.5, 0.6) is 0 Å². The van der Waals surface area contributed by atoms with Gasteiger partial charge in [0.1, 0.15) is 0 Å². The summed E-state index contributed by atoms with van der Waals surface area (Å²) in [5, 5.41) is 5.21. The van der Waals surface area contributed by atoms with E-state index in [1.165, 1.54) is 5.56 Å². The summed E-state index contributed by atoms with van der Waals surface area (Å²) in [6.07, 6.45) is 1.74. The molecule has 0 atom stereocenters. The van der Waals surface area contributed by atoms with Gasteiger partial charge in [-0.15, -0.1) is 11.3 Å². The second kappa shape index (κ2) is 6.57. The molecule has 3 nitrogen and oxygen atoms in total. The van der Waals surface area contributed by atoms with E-state index < -0.39 is 5.54 Å². The minimum Gasteiger partial charge on any atom is -0.341 e. The molecule has 0 unspecified atom stereocenters. The molecule has 0 aliphatic carbocycles. The van der Waals surface area contributed by atoms with Crippen molar-refractivity contribution in [2.24, 2.45) is 0 Å². The summed E-state index contributed by atoms with van der Waals surface area (Å²) in [7, 11) is 0. The Morgan fingerprint density at radius 3 is 2.54 bits per heavy atom. The average Bonchev–Trinajstić information content (AvgIpc) is 3.01. The summed E-state index contributed by atoms with van der Waals surface area (Å²) in [5.74, 6) is -0.0905. The number of aryl methyl sites for hydroxylation is 1. The molecule has 24 heavy (non-hydrogen) atoms. The van der Waals surface area contributed by atoms with Crippen molar-refractivity contribution < 1.29 is 4.79 Å². The lowest BCUT2D eigenvalue weighted by Gasteiger charge is -2.26. The standard InChI is InChI=1S/C20H20N2OS/c1-14-12-17(24-13-14)15-8-4-5-9-16(15)19(23)22-20(2,3)18-10-6-7-11-21-18/h4-13H,1-3H3,(H,22,23). The van der Waals surface area contributed by atoms with E-state index in [2.05, 4.69) is 28.7 Å². The van der Waals surface area contributed by atoms with E-state index in [1.54, 1.807) is 17.5 Å². The summed E-state index contributed by atoms with van der Waals surface area (Å²) < 4.78 is 0. The zero-order chi connectivity index (χ0) is 17.2. The molecule has 4 heteroatoms. The minimum atomic E-state index is -0.545. The molecule has 2 aromatic heterocycles. The van der Waals surface area contributed by atoms with Gasteiger partial charge in [0.25, 0.3) is 5.91 Å². The number of thiophene rings is 1. The molecule has 3 aromatic rings. The fraction of sp³-hybridized carbons (Fsp3) is 0.200. The van der Waals surface area contributed by atoms with Gasteiger partial charge in [0.05, 0.1) is 11.2 Å². The number of nitrogens with one attached hydrogen (secondary N) is 1. The average molecular weight is 336 g/mol. The van der Waals surface area contributed by atoms with Crippen molar-refractivity contribution in [1.82, 2.24) is 10.3 Å². The summed E-state index contributed by atoms with van der Waals surface area (Å²) in [6.45, 7) is 5.99. The molecule has 122 valence electrons. The van der Waals surface area contributed by atoms with Gasteiger partial charge in [-0.25, -0.2) is 0 Å². The Morgan fingerprint density at radius 1 is 1.12 bits per heavy atom. The van der Waals surface area contributed by atoms with E-state index in [9.17, 15) is 4.79 Å². The number of benzene rings is 1. The van der Waals surface area contributed by atoms with Crippen LogP contribution in [0.15, 0.2) is 60.1 Å². The van der Waals surface area contributed by atoms with Crippen molar-refractivity contribution in [2.45, 2.75) is 26.3 Å². The predicted octanol–water partition coefficient (Wildman–Crippen LogP) is 4.78. The van der Waals surface area contributed by atoms with Gasteiger partial charge in [-0.05, 0) is 56.0 Å². The maximum atomic E-state index is 12.9. The fourth-order valence-electron chi connectivity index (χ4n) is 2.62. The first-order chi connectivity index (χ1) is 11.5. The van der Waals surface area contributed by atoms with Gasteiger partial charge in [0, 0.05) is 22.2 Å². The SMILES string of the molecule is Cc1csc(-c2ccccc2C(=O)NC(C)(C)c2ccccn2)c1. The van der Waals surface area contributed by atoms with E-state index >= 15 is 0 Å². The Hall–Kier alpha value is -2.46. The van der Waals surface area contributed by atoms with Crippen LogP contribution in [0.4, 0.5) is 0 Å². The van der Waals surface area contributed by atoms with Gasteiger partial charge in [0.2, 0.25) is 0 Å². The van der Waals surface area contributed by atoms with E-state index in [-0.39, 0.29) is 5.91 Å². The summed E-state index contributed by atoms with van der Waals surface area (Å²) in [4.78, 5) is 18.4. The van der Waals surface area contributed by atoms with Crippen molar-refractivity contribution in [3.63, 3.8) is 0 Å². The molecule has 2 heterocycles. The van der Waals surface area contributed by atoms with E-state index in [4.69, 9.17) is 0 Å². The third kappa shape index (κ3) is 3.39. The molecular formula is C20H20N2OS. The molecule has 1 aromatic carbocycles. The number of pyridine rings is 1. The Balaban J connectivity index is 1.91. The molecule has 0 saturated heterocycles. The highest BCUT2D eigenvalue weighted by atomic mass is 32.1. The van der Waals surface area contributed by atoms with Gasteiger partial charge in [-0.2, -0.15) is 0 Å². The van der Waals surface area contributed by atoms with Crippen LogP contribution < -0.4 is 5.32 Å². The normalized spacial score (nSPS) is 11.3. The van der Waals surface area contributed by atoms with E-state index in [0.29, 0.717) is 5.56 Å². The van der Waals surface area contributed by atoms with Crippen molar-refractivity contribution in [3.8, 4) is 10.4 Å². The van der Waals surface area contributed by atoms with Crippen LogP contribution in [0, 0.1) is 6.92 Å². The third-order valence-electron chi connectivity index (χ3n) is 3.90. The second-order valence-corrected chi connectivity index (χ2v) is 7.24. The van der Waals surface area contributed by atoms with Gasteiger partial charge < -0.3 is 5.32 Å². The smallest absolute Gasteiger partial charge is 0.252 e. The van der Waals surface area contributed by atoms with Gasteiger partial charge in [-0.3, -0.25) is 9.78 Å². The number of hydrogen-bond donors (Lipinski definition) is 1. The molecule has 1 amide bonds. The van der Waals surface area contributed by atoms with Gasteiger partial charge >= 0.3 is 0 Å². The molecule has 1 N–H and O–H groups in total. The molecule has 0 bridgehead atoms. The zero-order valence-electron chi connectivity index (χ0n) is 14.0. The molecule has 0 radical (unpaired) electrons. The lowest BCUT2D eigenvalue weighted by molar-refractivity contribution is 0.0911. The van der Waals surface area contributed by atoms with Crippen molar-refractivity contribution in [1.29, 1.82) is 0 Å². The van der Waals surface area contributed by atoms with Crippen molar-refractivity contribution >= 4 is 17.2 Å². The first-order valence-corrected chi connectivity index (χ1v) is 8.74. The highest BCUT2D eigenvalue weighted by Gasteiger charge is 2.25. The molecule has 0 spiro atoms. The highest BCUT2D eigenvalue weighted by molar-refractivity contribution is 7.13. The molecule has 0 aliphatic heterocycles. The predicted molar refractivity (Wildman–Crippen MR) is 99.2 cm³/mol. The van der Waals surface area contributed by atoms with Crippen LogP contribution in [-0.2, 0) is 5.54 Å². The molecule has 0 saturated carbocycles. The monoisotopic (exact) mass is 336 g/mol. The van der Waals surface area contributed by atoms with Crippen LogP contribution >= 0.6 is 11.3 Å². The summed E-state index contributed by atoms with van der Waals surface area (Å²) >= 11 is 1.66. The van der Waals surface area contributed by atoms with E-state index in [0.717, 1.165) is 16.1 Å². The Labute approximate surface area is 146 Å². The molecule has 0 fully saturated rings. The number of rotatable bonds is 4. The van der Waals surface area contributed by atoms with Gasteiger partial charge in [0.15, 0.2) is 0 Å². The zero-order valence-corrected chi connectivity index (χ0v) is 14.9. The number of nitrogens with zero attached hydrogens (tertiary/aromatic N) is 1. The Morgan fingerprint density at radius 2 is 1.88 bits per heavy atom. The largest absolute Gasteiger partial charge is 0.341 e. The van der Waals surface area contributed by atoms with E-state index in [1.807, 2.05) is 56.3 Å². The van der Waals surface area contributed by atoms with Crippen molar-refractivity contribution in [3.05, 3.63) is 76.9 Å². The van der Waals surface area contributed by atoms with Crippen LogP contribution in [0.25, 0.3) is 10.4 Å². The number of carbonyl (C=O) groups is 1.